The Morgan fingerprint density at radius 2 is 1.83 bits per heavy atom. The molecular formula is C36H43N5O5. The van der Waals surface area contributed by atoms with E-state index in [0.717, 1.165) is 80.5 Å². The molecule has 0 bridgehead atoms. The molecule has 6 rings (SSSR count). The third-order valence-electron chi connectivity index (χ3n) is 9.00. The van der Waals surface area contributed by atoms with Crippen LogP contribution >= 0.6 is 0 Å². The number of ether oxygens (including phenoxy) is 2. The first kappa shape index (κ1) is 31.7. The molecule has 0 aliphatic carbocycles. The second kappa shape index (κ2) is 14.9. The summed E-state index contributed by atoms with van der Waals surface area (Å²) in [7, 11) is 0. The molecule has 242 valence electrons. The number of amides is 1. The highest BCUT2D eigenvalue weighted by Crippen LogP contribution is 2.30. The summed E-state index contributed by atoms with van der Waals surface area (Å²) in [5.74, 6) is 2.15. The lowest BCUT2D eigenvalue weighted by Crippen LogP contribution is -2.42. The van der Waals surface area contributed by atoms with E-state index in [0.29, 0.717) is 18.7 Å². The number of aliphatic hydroxyl groups is 1. The molecule has 4 aromatic rings. The summed E-state index contributed by atoms with van der Waals surface area (Å²) < 4.78 is 17.6. The van der Waals surface area contributed by atoms with Crippen molar-refractivity contribution in [1.29, 1.82) is 0 Å². The molecule has 0 saturated carbocycles. The van der Waals surface area contributed by atoms with Crippen LogP contribution in [0.5, 0.6) is 11.5 Å². The zero-order valence-corrected chi connectivity index (χ0v) is 26.7. The molecule has 4 heterocycles. The van der Waals surface area contributed by atoms with Gasteiger partial charge >= 0.3 is 0 Å². The predicted octanol–water partition coefficient (Wildman–Crippen LogP) is 4.46. The number of nitrogens with one attached hydrogen (secondary N) is 1. The number of rotatable bonds is 12. The zero-order chi connectivity index (χ0) is 31.9. The lowest BCUT2D eigenvalue weighted by molar-refractivity contribution is 0.0841. The van der Waals surface area contributed by atoms with Crippen molar-refractivity contribution in [3.63, 3.8) is 0 Å². The van der Waals surface area contributed by atoms with E-state index in [2.05, 4.69) is 50.2 Å². The van der Waals surface area contributed by atoms with Gasteiger partial charge in [-0.25, -0.2) is 4.98 Å². The first-order chi connectivity index (χ1) is 22.4. The van der Waals surface area contributed by atoms with Crippen LogP contribution < -0.4 is 14.8 Å². The summed E-state index contributed by atoms with van der Waals surface area (Å²) >= 11 is 0. The Kier molecular flexibility index (Phi) is 10.3. The first-order valence-corrected chi connectivity index (χ1v) is 16.1. The van der Waals surface area contributed by atoms with Crippen molar-refractivity contribution in [3.05, 3.63) is 107 Å². The Balaban J connectivity index is 0.912. The summed E-state index contributed by atoms with van der Waals surface area (Å²) in [4.78, 5) is 25.7. The monoisotopic (exact) mass is 625 g/mol. The van der Waals surface area contributed by atoms with Crippen molar-refractivity contribution in [1.82, 2.24) is 25.1 Å². The predicted molar refractivity (Wildman–Crippen MR) is 174 cm³/mol. The highest BCUT2D eigenvalue weighted by molar-refractivity contribution is 5.94. The highest BCUT2D eigenvalue weighted by atomic mass is 16.5. The Labute approximate surface area is 270 Å². The summed E-state index contributed by atoms with van der Waals surface area (Å²) in [6, 6.07) is 15.5. The zero-order valence-electron chi connectivity index (χ0n) is 26.7. The van der Waals surface area contributed by atoms with Crippen LogP contribution in [0.4, 0.5) is 0 Å². The van der Waals surface area contributed by atoms with Crippen molar-refractivity contribution < 1.29 is 23.8 Å². The Hall–Kier alpha value is -4.25. The molecule has 2 aliphatic heterocycles. The van der Waals surface area contributed by atoms with Crippen molar-refractivity contribution in [2.24, 2.45) is 0 Å². The third kappa shape index (κ3) is 8.12. The number of carbonyl (C=O) groups excluding carboxylic acids is 1. The van der Waals surface area contributed by atoms with Gasteiger partial charge < -0.3 is 24.3 Å². The SMILES string of the molecule is Cc1ncoc1COc1ccc2c(c1C)CCN(C[C@@H](O)CNC(=O)c1ccc(OC3CCN(Cc4ccncc4)CC3)cc1)C2. The van der Waals surface area contributed by atoms with Crippen molar-refractivity contribution in [2.75, 3.05) is 32.7 Å². The van der Waals surface area contributed by atoms with Crippen LogP contribution in [0.1, 0.15) is 56.9 Å². The minimum Gasteiger partial charge on any atom is -0.490 e. The summed E-state index contributed by atoms with van der Waals surface area (Å²) in [5.41, 5.74) is 6.33. The third-order valence-corrected chi connectivity index (χ3v) is 9.00. The smallest absolute Gasteiger partial charge is 0.251 e. The van der Waals surface area contributed by atoms with E-state index in [1.165, 1.54) is 23.1 Å². The maximum atomic E-state index is 12.8. The molecule has 1 saturated heterocycles. The number of piperidine rings is 1. The van der Waals surface area contributed by atoms with E-state index in [4.69, 9.17) is 13.9 Å². The maximum absolute atomic E-state index is 12.8. The number of aliphatic hydroxyl groups excluding tert-OH is 1. The Morgan fingerprint density at radius 3 is 2.57 bits per heavy atom. The molecular weight excluding hydrogens is 582 g/mol. The van der Waals surface area contributed by atoms with Crippen LogP contribution in [0.2, 0.25) is 0 Å². The lowest BCUT2D eigenvalue weighted by atomic mass is 9.94. The van der Waals surface area contributed by atoms with Gasteiger partial charge in [-0.3, -0.25) is 19.6 Å². The van der Waals surface area contributed by atoms with Crippen LogP contribution in [0, 0.1) is 13.8 Å². The fraction of sp³-hybridized carbons (Fsp3) is 0.417. The normalized spacial score (nSPS) is 16.5. The molecule has 10 heteroatoms. The second-order valence-corrected chi connectivity index (χ2v) is 12.3. The Morgan fingerprint density at radius 1 is 1.04 bits per heavy atom. The minimum atomic E-state index is -0.675. The quantitative estimate of drug-likeness (QED) is 0.236. The second-order valence-electron chi connectivity index (χ2n) is 12.3. The molecule has 0 radical (unpaired) electrons. The van der Waals surface area contributed by atoms with Gasteiger partial charge in [0.15, 0.2) is 12.2 Å². The van der Waals surface area contributed by atoms with Gasteiger partial charge in [-0.1, -0.05) is 6.07 Å². The highest BCUT2D eigenvalue weighted by Gasteiger charge is 2.23. The summed E-state index contributed by atoms with van der Waals surface area (Å²) in [6.07, 6.45) is 7.41. The number of pyridine rings is 1. The molecule has 2 aromatic heterocycles. The van der Waals surface area contributed by atoms with Gasteiger partial charge in [-0.05, 0) is 97.8 Å². The molecule has 1 fully saturated rings. The van der Waals surface area contributed by atoms with Crippen molar-refractivity contribution in [2.45, 2.75) is 65.0 Å². The summed E-state index contributed by atoms with van der Waals surface area (Å²) in [6.45, 7) is 9.49. The molecule has 0 spiro atoms. The number of benzene rings is 2. The van der Waals surface area contributed by atoms with Crippen molar-refractivity contribution >= 4 is 5.91 Å². The number of aryl methyl sites for hydroxylation is 1. The minimum absolute atomic E-state index is 0.166. The van der Waals surface area contributed by atoms with E-state index in [-0.39, 0.29) is 18.6 Å². The molecule has 10 nitrogen and oxygen atoms in total. The molecule has 2 aliphatic rings. The number of carbonyl (C=O) groups is 1. The molecule has 46 heavy (non-hydrogen) atoms. The van der Waals surface area contributed by atoms with Gasteiger partial charge in [0.2, 0.25) is 0 Å². The van der Waals surface area contributed by atoms with Gasteiger partial charge in [0.25, 0.3) is 5.91 Å². The molecule has 2 N–H and O–H groups in total. The van der Waals surface area contributed by atoms with Gasteiger partial charge in [0, 0.05) is 63.8 Å². The number of β-amino-alcohol motifs (C(OH)–C–C–N with tert-alkyl or cyclic N) is 1. The van der Waals surface area contributed by atoms with Crippen molar-refractivity contribution in [3.8, 4) is 11.5 Å². The fourth-order valence-corrected chi connectivity index (χ4v) is 6.28. The topological polar surface area (TPSA) is 113 Å². The average Bonchev–Trinajstić information content (AvgIpc) is 3.49. The van der Waals surface area contributed by atoms with E-state index >= 15 is 0 Å². The molecule has 1 amide bonds. The van der Waals surface area contributed by atoms with Crippen LogP contribution in [-0.2, 0) is 26.1 Å². The number of hydrogen-bond donors (Lipinski definition) is 2. The number of oxazole rings is 1. The van der Waals surface area contributed by atoms with Crippen LogP contribution in [0.25, 0.3) is 0 Å². The van der Waals surface area contributed by atoms with Crippen LogP contribution in [-0.4, -0.2) is 75.7 Å². The number of fused-ring (bicyclic) bond motifs is 1. The van der Waals surface area contributed by atoms with E-state index < -0.39 is 6.10 Å². The fourth-order valence-electron chi connectivity index (χ4n) is 6.28. The van der Waals surface area contributed by atoms with E-state index in [9.17, 15) is 9.90 Å². The largest absolute Gasteiger partial charge is 0.490 e. The summed E-state index contributed by atoms with van der Waals surface area (Å²) in [5, 5.41) is 13.6. The van der Waals surface area contributed by atoms with Crippen LogP contribution in [0.15, 0.2) is 71.7 Å². The van der Waals surface area contributed by atoms with Crippen LogP contribution in [0.3, 0.4) is 0 Å². The lowest BCUT2D eigenvalue weighted by Gasteiger charge is -2.32. The van der Waals surface area contributed by atoms with Gasteiger partial charge in [0.1, 0.15) is 24.2 Å². The maximum Gasteiger partial charge on any atom is 0.251 e. The average molecular weight is 626 g/mol. The molecule has 0 unspecified atom stereocenters. The van der Waals surface area contributed by atoms with Gasteiger partial charge in [-0.15, -0.1) is 0 Å². The molecule has 1 atom stereocenters. The number of hydrogen-bond acceptors (Lipinski definition) is 9. The number of nitrogens with zero attached hydrogens (tertiary/aromatic N) is 4. The molecule has 2 aromatic carbocycles. The van der Waals surface area contributed by atoms with E-state index in [1.807, 2.05) is 37.5 Å². The van der Waals surface area contributed by atoms with E-state index in [1.54, 1.807) is 12.1 Å². The number of aromatic nitrogens is 2. The number of likely N-dealkylation sites (tertiary alicyclic amines) is 1. The van der Waals surface area contributed by atoms with Gasteiger partial charge in [-0.2, -0.15) is 0 Å². The first-order valence-electron chi connectivity index (χ1n) is 16.1. The standard InChI is InChI=1S/C36H43N5O5/c1-25-33-13-18-41(21-29(33)5-8-34(25)44-23-35-26(2)39-24-45-35)22-30(42)19-38-36(43)28-3-6-31(7-4-28)46-32-11-16-40(17-12-32)20-27-9-14-37-15-10-27/h3-10,14-15,24,30,32,42H,11-13,16-23H2,1-2H3,(H,38,43)/t30-/m0/s1. The van der Waals surface area contributed by atoms with Gasteiger partial charge in [0.05, 0.1) is 11.8 Å². The Bertz CT molecular complexity index is 1580.